The van der Waals surface area contributed by atoms with Crippen LogP contribution in [0.3, 0.4) is 0 Å². The molecule has 0 spiro atoms. The molecule has 1 saturated carbocycles. The van der Waals surface area contributed by atoms with Crippen LogP contribution in [0.25, 0.3) is 5.65 Å². The average molecular weight is 249 g/mol. The second-order valence-electron chi connectivity index (χ2n) is 3.91. The SMILES string of the molecule is CSc1nc(NC2CC2)n2ncc(C=O)c2n1. The molecule has 7 heteroatoms. The number of carbonyl (C=O) groups is 1. The van der Waals surface area contributed by atoms with E-state index in [1.165, 1.54) is 18.0 Å². The maximum absolute atomic E-state index is 10.9. The van der Waals surface area contributed by atoms with Crippen LogP contribution in [0.5, 0.6) is 0 Å². The highest BCUT2D eigenvalue weighted by atomic mass is 32.2. The lowest BCUT2D eigenvalue weighted by Gasteiger charge is -2.06. The zero-order valence-electron chi connectivity index (χ0n) is 9.25. The standard InChI is InChI=1S/C10H11N5OS/c1-17-10-13-8-6(5-16)4-11-15(8)9(14-10)12-7-2-3-7/h4-5,7H,2-3H2,1H3,(H,12,13,14). The van der Waals surface area contributed by atoms with Crippen molar-refractivity contribution in [3.05, 3.63) is 11.8 Å². The van der Waals surface area contributed by atoms with Crippen LogP contribution in [0.2, 0.25) is 0 Å². The molecule has 88 valence electrons. The summed E-state index contributed by atoms with van der Waals surface area (Å²) < 4.78 is 1.59. The Morgan fingerprint density at radius 2 is 2.35 bits per heavy atom. The minimum Gasteiger partial charge on any atom is -0.351 e. The third kappa shape index (κ3) is 1.86. The Hall–Kier alpha value is -1.63. The van der Waals surface area contributed by atoms with Gasteiger partial charge in [-0.05, 0) is 19.1 Å². The quantitative estimate of drug-likeness (QED) is 0.649. The van der Waals surface area contributed by atoms with Gasteiger partial charge < -0.3 is 5.32 Å². The lowest BCUT2D eigenvalue weighted by atomic mass is 10.4. The summed E-state index contributed by atoms with van der Waals surface area (Å²) in [5, 5.41) is 8.07. The Bertz CT molecular complexity index is 577. The molecule has 0 saturated heterocycles. The molecule has 1 N–H and O–H groups in total. The zero-order valence-corrected chi connectivity index (χ0v) is 10.1. The Labute approximate surface area is 102 Å². The summed E-state index contributed by atoms with van der Waals surface area (Å²) in [4.78, 5) is 19.6. The molecule has 1 aliphatic rings. The second-order valence-corrected chi connectivity index (χ2v) is 4.68. The van der Waals surface area contributed by atoms with Gasteiger partial charge in [-0.25, -0.2) is 4.98 Å². The van der Waals surface area contributed by atoms with Crippen molar-refractivity contribution in [1.82, 2.24) is 19.6 Å². The smallest absolute Gasteiger partial charge is 0.228 e. The normalized spacial score (nSPS) is 15.1. The number of carbonyl (C=O) groups excluding carboxylic acids is 1. The van der Waals surface area contributed by atoms with E-state index in [2.05, 4.69) is 20.4 Å². The molecule has 2 heterocycles. The average Bonchev–Trinajstić information content (AvgIpc) is 3.06. The van der Waals surface area contributed by atoms with E-state index in [0.29, 0.717) is 28.4 Å². The van der Waals surface area contributed by atoms with Crippen molar-refractivity contribution < 1.29 is 4.79 Å². The van der Waals surface area contributed by atoms with Crippen LogP contribution in [-0.4, -0.2) is 38.2 Å². The summed E-state index contributed by atoms with van der Waals surface area (Å²) in [5.41, 5.74) is 1.05. The summed E-state index contributed by atoms with van der Waals surface area (Å²) in [6.07, 6.45) is 6.49. The first kappa shape index (κ1) is 10.5. The number of aldehydes is 1. The van der Waals surface area contributed by atoms with Crippen molar-refractivity contribution >= 4 is 29.6 Å². The van der Waals surface area contributed by atoms with Gasteiger partial charge in [0, 0.05) is 6.04 Å². The molecule has 0 amide bonds. The van der Waals surface area contributed by atoms with Gasteiger partial charge in [0.15, 0.2) is 17.1 Å². The Morgan fingerprint density at radius 1 is 1.53 bits per heavy atom. The molecule has 1 aliphatic carbocycles. The molecular formula is C10H11N5OS. The Kier molecular flexibility index (Phi) is 2.47. The van der Waals surface area contributed by atoms with Crippen LogP contribution in [0.4, 0.5) is 5.95 Å². The third-order valence-electron chi connectivity index (χ3n) is 2.59. The van der Waals surface area contributed by atoms with Crippen LogP contribution in [-0.2, 0) is 0 Å². The minimum absolute atomic E-state index is 0.478. The van der Waals surface area contributed by atoms with Gasteiger partial charge in [0.25, 0.3) is 0 Å². The molecular weight excluding hydrogens is 238 g/mol. The van der Waals surface area contributed by atoms with Gasteiger partial charge in [0.05, 0.1) is 11.8 Å². The van der Waals surface area contributed by atoms with Gasteiger partial charge in [0.1, 0.15) is 0 Å². The number of fused-ring (bicyclic) bond motifs is 1. The summed E-state index contributed by atoms with van der Waals surface area (Å²) >= 11 is 1.45. The van der Waals surface area contributed by atoms with Gasteiger partial charge in [-0.3, -0.25) is 4.79 Å². The fraction of sp³-hybridized carbons (Fsp3) is 0.400. The maximum Gasteiger partial charge on any atom is 0.228 e. The summed E-state index contributed by atoms with van der Waals surface area (Å²) in [6, 6.07) is 0.478. The number of nitrogens with zero attached hydrogens (tertiary/aromatic N) is 4. The van der Waals surface area contributed by atoms with E-state index < -0.39 is 0 Å². The number of anilines is 1. The molecule has 0 bridgehead atoms. The molecule has 2 aromatic heterocycles. The number of nitrogens with one attached hydrogen (secondary N) is 1. The van der Waals surface area contributed by atoms with Crippen LogP contribution >= 0.6 is 11.8 Å². The highest BCUT2D eigenvalue weighted by Gasteiger charge is 2.23. The molecule has 2 aromatic rings. The largest absolute Gasteiger partial charge is 0.351 e. The number of rotatable bonds is 4. The van der Waals surface area contributed by atoms with Crippen molar-refractivity contribution in [3.8, 4) is 0 Å². The van der Waals surface area contributed by atoms with E-state index >= 15 is 0 Å². The molecule has 0 atom stereocenters. The second kappa shape index (κ2) is 3.99. The monoisotopic (exact) mass is 249 g/mol. The lowest BCUT2D eigenvalue weighted by Crippen LogP contribution is -2.11. The first-order valence-electron chi connectivity index (χ1n) is 5.33. The lowest BCUT2D eigenvalue weighted by molar-refractivity contribution is 0.112. The topological polar surface area (TPSA) is 72.2 Å². The Balaban J connectivity index is 2.16. The molecule has 0 aliphatic heterocycles. The van der Waals surface area contributed by atoms with Gasteiger partial charge in [-0.2, -0.15) is 14.6 Å². The summed E-state index contributed by atoms with van der Waals surface area (Å²) in [6.45, 7) is 0. The van der Waals surface area contributed by atoms with Gasteiger partial charge in [-0.1, -0.05) is 11.8 Å². The van der Waals surface area contributed by atoms with Crippen LogP contribution < -0.4 is 5.32 Å². The van der Waals surface area contributed by atoms with Crippen LogP contribution in [0.15, 0.2) is 11.4 Å². The zero-order chi connectivity index (χ0) is 11.8. The van der Waals surface area contributed by atoms with Crippen molar-refractivity contribution in [1.29, 1.82) is 0 Å². The fourth-order valence-corrected chi connectivity index (χ4v) is 1.91. The van der Waals surface area contributed by atoms with Gasteiger partial charge >= 0.3 is 0 Å². The van der Waals surface area contributed by atoms with Crippen molar-refractivity contribution in [2.75, 3.05) is 11.6 Å². The van der Waals surface area contributed by atoms with Gasteiger partial charge in [0.2, 0.25) is 5.95 Å². The number of thioether (sulfide) groups is 1. The van der Waals surface area contributed by atoms with Crippen molar-refractivity contribution in [2.45, 2.75) is 24.0 Å². The Morgan fingerprint density at radius 3 is 3.00 bits per heavy atom. The number of hydrogen-bond donors (Lipinski definition) is 1. The minimum atomic E-state index is 0.478. The number of hydrogen-bond acceptors (Lipinski definition) is 6. The number of aromatic nitrogens is 4. The summed E-state index contributed by atoms with van der Waals surface area (Å²) in [7, 11) is 0. The molecule has 0 aromatic carbocycles. The van der Waals surface area contributed by atoms with E-state index in [4.69, 9.17) is 0 Å². The predicted octanol–water partition coefficient (Wildman–Crippen LogP) is 1.23. The van der Waals surface area contributed by atoms with E-state index in [1.54, 1.807) is 4.52 Å². The third-order valence-corrected chi connectivity index (χ3v) is 3.14. The van der Waals surface area contributed by atoms with Gasteiger partial charge in [-0.15, -0.1) is 0 Å². The van der Waals surface area contributed by atoms with Crippen LogP contribution in [0, 0.1) is 0 Å². The first-order chi connectivity index (χ1) is 8.31. The van der Waals surface area contributed by atoms with Crippen LogP contribution in [0.1, 0.15) is 23.2 Å². The molecule has 3 rings (SSSR count). The van der Waals surface area contributed by atoms with E-state index in [1.807, 2.05) is 6.26 Å². The van der Waals surface area contributed by atoms with E-state index in [0.717, 1.165) is 19.1 Å². The van der Waals surface area contributed by atoms with E-state index in [9.17, 15) is 4.79 Å². The first-order valence-corrected chi connectivity index (χ1v) is 6.56. The molecule has 17 heavy (non-hydrogen) atoms. The predicted molar refractivity (Wildman–Crippen MR) is 64.6 cm³/mol. The molecule has 0 radical (unpaired) electrons. The highest BCUT2D eigenvalue weighted by Crippen LogP contribution is 2.25. The molecule has 1 fully saturated rings. The maximum atomic E-state index is 10.9. The summed E-state index contributed by atoms with van der Waals surface area (Å²) in [5.74, 6) is 0.662. The van der Waals surface area contributed by atoms with E-state index in [-0.39, 0.29) is 0 Å². The molecule has 0 unspecified atom stereocenters. The highest BCUT2D eigenvalue weighted by molar-refractivity contribution is 7.98. The fourth-order valence-electron chi connectivity index (χ4n) is 1.55. The van der Waals surface area contributed by atoms with Crippen molar-refractivity contribution in [3.63, 3.8) is 0 Å². The molecule has 6 nitrogen and oxygen atoms in total. The van der Waals surface area contributed by atoms with Crippen molar-refractivity contribution in [2.24, 2.45) is 0 Å².